The van der Waals surface area contributed by atoms with Crippen molar-refractivity contribution in [2.75, 3.05) is 0 Å². The Bertz CT molecular complexity index is 235. The van der Waals surface area contributed by atoms with Crippen molar-refractivity contribution in [3.8, 4) is 0 Å². The summed E-state index contributed by atoms with van der Waals surface area (Å²) in [6, 6.07) is 2.16. The molecule has 0 bridgehead atoms. The molecule has 0 saturated heterocycles. The van der Waals surface area contributed by atoms with Crippen molar-refractivity contribution >= 4 is 0 Å². The molecule has 0 radical (unpaired) electrons. The maximum Gasteiger partial charge on any atom is 0.0492 e. The summed E-state index contributed by atoms with van der Waals surface area (Å²) in [6.45, 7) is 3.16. The van der Waals surface area contributed by atoms with E-state index >= 15 is 0 Å². The van der Waals surface area contributed by atoms with Crippen LogP contribution in [0.15, 0.2) is 12.3 Å². The van der Waals surface area contributed by atoms with Gasteiger partial charge in [0.25, 0.3) is 0 Å². The molecule has 0 aromatic carbocycles. The van der Waals surface area contributed by atoms with E-state index in [1.54, 1.807) is 0 Å². The van der Waals surface area contributed by atoms with Crippen molar-refractivity contribution in [1.82, 2.24) is 9.78 Å². The zero-order valence-corrected chi connectivity index (χ0v) is 6.95. The van der Waals surface area contributed by atoms with Crippen LogP contribution in [0.3, 0.4) is 0 Å². The Hall–Kier alpha value is -0.790. The number of hydrogen-bond donors (Lipinski definition) is 0. The average molecular weight is 150 g/mol. The molecule has 0 spiro atoms. The molecule has 1 aromatic heterocycles. The fourth-order valence-electron chi connectivity index (χ4n) is 1.66. The fraction of sp³-hybridized carbons (Fsp3) is 0.667. The van der Waals surface area contributed by atoms with Crippen LogP contribution in [0.5, 0.6) is 0 Å². The number of hydrogen-bond acceptors (Lipinski definition) is 1. The van der Waals surface area contributed by atoms with Crippen LogP contribution in [0, 0.1) is 0 Å². The molecule has 0 N–H and O–H groups in total. The second-order valence-electron chi connectivity index (χ2n) is 3.20. The van der Waals surface area contributed by atoms with E-state index < -0.39 is 0 Å². The van der Waals surface area contributed by atoms with E-state index in [9.17, 15) is 0 Å². The lowest BCUT2D eigenvalue weighted by atomic mass is 9.83. The molecule has 1 saturated carbocycles. The highest BCUT2D eigenvalue weighted by Crippen LogP contribution is 2.35. The molecule has 0 atom stereocenters. The van der Waals surface area contributed by atoms with E-state index in [2.05, 4.69) is 22.8 Å². The fourth-order valence-corrected chi connectivity index (χ4v) is 1.66. The van der Waals surface area contributed by atoms with E-state index in [0.717, 1.165) is 12.5 Å². The second-order valence-corrected chi connectivity index (χ2v) is 3.20. The summed E-state index contributed by atoms with van der Waals surface area (Å²) < 4.78 is 2.11. The highest BCUT2D eigenvalue weighted by molar-refractivity contribution is 5.10. The number of aromatic nitrogens is 2. The molecule has 60 valence electrons. The molecule has 0 amide bonds. The van der Waals surface area contributed by atoms with Crippen LogP contribution in [0.1, 0.15) is 37.8 Å². The highest BCUT2D eigenvalue weighted by atomic mass is 15.3. The van der Waals surface area contributed by atoms with Gasteiger partial charge in [0.05, 0.1) is 0 Å². The van der Waals surface area contributed by atoms with Crippen LogP contribution >= 0.6 is 0 Å². The zero-order valence-electron chi connectivity index (χ0n) is 6.95. The molecule has 0 unspecified atom stereocenters. The summed E-state index contributed by atoms with van der Waals surface area (Å²) >= 11 is 0. The zero-order chi connectivity index (χ0) is 7.68. The van der Waals surface area contributed by atoms with Crippen LogP contribution in [0.4, 0.5) is 0 Å². The van der Waals surface area contributed by atoms with E-state index in [1.807, 2.05) is 6.20 Å². The predicted octanol–water partition coefficient (Wildman–Crippen LogP) is 2.17. The lowest BCUT2D eigenvalue weighted by Crippen LogP contribution is -2.14. The minimum Gasteiger partial charge on any atom is -0.270 e. The van der Waals surface area contributed by atoms with Crippen molar-refractivity contribution in [3.63, 3.8) is 0 Å². The minimum absolute atomic E-state index is 0.817. The lowest BCUT2D eigenvalue weighted by Gasteiger charge is -2.25. The van der Waals surface area contributed by atoms with E-state index in [4.69, 9.17) is 0 Å². The first kappa shape index (κ1) is 6.89. The monoisotopic (exact) mass is 150 g/mol. The Kier molecular flexibility index (Phi) is 1.68. The molecule has 0 aliphatic heterocycles. The van der Waals surface area contributed by atoms with Crippen molar-refractivity contribution in [2.24, 2.45) is 0 Å². The van der Waals surface area contributed by atoms with Gasteiger partial charge < -0.3 is 0 Å². The Morgan fingerprint density at radius 3 is 3.00 bits per heavy atom. The molecular formula is C9H14N2. The van der Waals surface area contributed by atoms with Gasteiger partial charge in [-0.3, -0.25) is 4.68 Å². The smallest absolute Gasteiger partial charge is 0.0492 e. The number of nitrogens with zero attached hydrogens (tertiary/aromatic N) is 2. The third-order valence-corrected chi connectivity index (χ3v) is 2.57. The maximum absolute atomic E-state index is 4.25. The van der Waals surface area contributed by atoms with Gasteiger partial charge in [0.1, 0.15) is 0 Å². The van der Waals surface area contributed by atoms with Gasteiger partial charge in [-0.05, 0) is 25.8 Å². The Morgan fingerprint density at radius 1 is 1.64 bits per heavy atom. The SMILES string of the molecule is CCn1nccc1C1CCC1. The van der Waals surface area contributed by atoms with Gasteiger partial charge in [-0.2, -0.15) is 5.10 Å². The largest absolute Gasteiger partial charge is 0.270 e. The number of rotatable bonds is 2. The van der Waals surface area contributed by atoms with Crippen LogP contribution in [0.25, 0.3) is 0 Å². The van der Waals surface area contributed by atoms with Crippen LogP contribution in [-0.2, 0) is 6.54 Å². The van der Waals surface area contributed by atoms with Gasteiger partial charge >= 0.3 is 0 Å². The molecule has 2 nitrogen and oxygen atoms in total. The molecule has 1 aliphatic carbocycles. The quantitative estimate of drug-likeness (QED) is 0.631. The maximum atomic E-state index is 4.25. The van der Waals surface area contributed by atoms with Gasteiger partial charge in [0.2, 0.25) is 0 Å². The number of aryl methyl sites for hydroxylation is 1. The second kappa shape index (κ2) is 2.68. The van der Waals surface area contributed by atoms with Gasteiger partial charge in [-0.25, -0.2) is 0 Å². The predicted molar refractivity (Wildman–Crippen MR) is 44.5 cm³/mol. The van der Waals surface area contributed by atoms with Gasteiger partial charge in [-0.15, -0.1) is 0 Å². The van der Waals surface area contributed by atoms with Crippen molar-refractivity contribution in [1.29, 1.82) is 0 Å². The minimum atomic E-state index is 0.817. The van der Waals surface area contributed by atoms with Crippen molar-refractivity contribution in [2.45, 2.75) is 38.6 Å². The molecule has 1 aromatic rings. The summed E-state index contributed by atoms with van der Waals surface area (Å²) in [5, 5.41) is 4.25. The van der Waals surface area contributed by atoms with Crippen LogP contribution in [-0.4, -0.2) is 9.78 Å². The van der Waals surface area contributed by atoms with Crippen LogP contribution < -0.4 is 0 Å². The lowest BCUT2D eigenvalue weighted by molar-refractivity contribution is 0.390. The molecule has 1 aliphatic rings. The van der Waals surface area contributed by atoms with Gasteiger partial charge in [-0.1, -0.05) is 6.42 Å². The molecule has 2 heteroatoms. The van der Waals surface area contributed by atoms with Crippen molar-refractivity contribution < 1.29 is 0 Å². The van der Waals surface area contributed by atoms with Gasteiger partial charge in [0.15, 0.2) is 0 Å². The first-order chi connectivity index (χ1) is 5.42. The molecule has 11 heavy (non-hydrogen) atoms. The topological polar surface area (TPSA) is 17.8 Å². The van der Waals surface area contributed by atoms with Crippen LogP contribution in [0.2, 0.25) is 0 Å². The summed E-state index contributed by atoms with van der Waals surface area (Å²) in [5.74, 6) is 0.817. The molecule has 1 fully saturated rings. The third-order valence-electron chi connectivity index (χ3n) is 2.57. The molecule has 2 rings (SSSR count). The Balaban J connectivity index is 2.20. The van der Waals surface area contributed by atoms with E-state index in [1.165, 1.54) is 25.0 Å². The standard InChI is InChI=1S/C9H14N2/c1-2-11-9(6-7-10-11)8-4-3-5-8/h6-8H,2-5H2,1H3. The van der Waals surface area contributed by atoms with Crippen molar-refractivity contribution in [3.05, 3.63) is 18.0 Å². The summed E-state index contributed by atoms with van der Waals surface area (Å²) in [4.78, 5) is 0. The first-order valence-corrected chi connectivity index (χ1v) is 4.43. The van der Waals surface area contributed by atoms with E-state index in [0.29, 0.717) is 0 Å². The average Bonchev–Trinajstić information content (AvgIpc) is 2.32. The summed E-state index contributed by atoms with van der Waals surface area (Å²) in [5.41, 5.74) is 1.44. The highest BCUT2D eigenvalue weighted by Gasteiger charge is 2.22. The normalized spacial score (nSPS) is 18.3. The molecule has 1 heterocycles. The Labute approximate surface area is 67.2 Å². The summed E-state index contributed by atoms with van der Waals surface area (Å²) in [6.07, 6.45) is 6.05. The Morgan fingerprint density at radius 2 is 2.45 bits per heavy atom. The summed E-state index contributed by atoms with van der Waals surface area (Å²) in [7, 11) is 0. The third kappa shape index (κ3) is 1.06. The first-order valence-electron chi connectivity index (χ1n) is 4.43. The van der Waals surface area contributed by atoms with E-state index in [-0.39, 0.29) is 0 Å². The molecular weight excluding hydrogens is 136 g/mol. The van der Waals surface area contributed by atoms with Gasteiger partial charge in [0, 0.05) is 24.4 Å².